The Labute approximate surface area is 261 Å². The molecule has 3 atom stereocenters. The number of hydrogen-bond donors (Lipinski definition) is 2. The van der Waals surface area contributed by atoms with E-state index in [9.17, 15) is 19.5 Å². The minimum Gasteiger partial charge on any atom is -0.481 e. The average Bonchev–Trinajstić information content (AvgIpc) is 2.87. The van der Waals surface area contributed by atoms with Crippen molar-refractivity contribution in [1.29, 1.82) is 0 Å². The second kappa shape index (κ2) is 14.1. The number of likely N-dealkylation sites (N-methyl/N-ethyl adjacent to an activating group) is 1. The van der Waals surface area contributed by atoms with Crippen LogP contribution in [0.15, 0.2) is 46.9 Å². The van der Waals surface area contributed by atoms with Gasteiger partial charge in [0.25, 0.3) is 5.56 Å². The molecule has 1 aliphatic rings. The van der Waals surface area contributed by atoms with E-state index in [0.29, 0.717) is 12.8 Å². The van der Waals surface area contributed by atoms with Crippen molar-refractivity contribution >= 4 is 17.4 Å². The molecule has 2 N–H and O–H groups in total. The van der Waals surface area contributed by atoms with Crippen molar-refractivity contribution in [3.05, 3.63) is 85.9 Å². The molecule has 1 aromatic carbocycles. The number of pyridine rings is 1. The molecule has 8 heteroatoms. The topological polar surface area (TPSA) is 91.6 Å². The SMILES string of the molecule is Cc1cc(C)c(C2=CC(C)(C)C(F)C([C@H](CC(=O)O)NC(=O)C(CC(C)C)n3cc(CCN(C)C)c(C)cc3=O)=C2)c(C)c1. The number of carbonyl (C=O) groups excluding carboxylic acids is 1. The molecule has 0 fully saturated rings. The summed E-state index contributed by atoms with van der Waals surface area (Å²) in [5, 5.41) is 12.8. The largest absolute Gasteiger partial charge is 0.481 e. The summed E-state index contributed by atoms with van der Waals surface area (Å²) in [4.78, 5) is 41.5. The first kappa shape index (κ1) is 35.0. The molecule has 0 spiro atoms. The summed E-state index contributed by atoms with van der Waals surface area (Å²) < 4.78 is 17.7. The van der Waals surface area contributed by atoms with Crippen molar-refractivity contribution in [2.24, 2.45) is 11.3 Å². The number of aliphatic carboxylic acids is 1. The maximum absolute atomic E-state index is 16.3. The number of benzene rings is 1. The van der Waals surface area contributed by atoms with Gasteiger partial charge >= 0.3 is 5.97 Å². The van der Waals surface area contributed by atoms with Gasteiger partial charge in [0.05, 0.1) is 12.5 Å². The highest BCUT2D eigenvalue weighted by molar-refractivity contribution is 5.84. The highest BCUT2D eigenvalue weighted by Gasteiger charge is 2.40. The van der Waals surface area contributed by atoms with Crippen molar-refractivity contribution in [2.45, 2.75) is 92.9 Å². The molecule has 0 radical (unpaired) electrons. The number of rotatable bonds is 12. The summed E-state index contributed by atoms with van der Waals surface area (Å²) >= 11 is 0. The number of aryl methyl sites for hydroxylation is 4. The molecule has 0 saturated carbocycles. The van der Waals surface area contributed by atoms with E-state index in [1.165, 1.54) is 4.57 Å². The highest BCUT2D eigenvalue weighted by atomic mass is 19.1. The molecule has 44 heavy (non-hydrogen) atoms. The molecule has 2 aromatic rings. The van der Waals surface area contributed by atoms with Crippen LogP contribution in [0.2, 0.25) is 0 Å². The molecule has 1 amide bonds. The summed E-state index contributed by atoms with van der Waals surface area (Å²) in [7, 11) is 3.95. The molecule has 2 unspecified atom stereocenters. The van der Waals surface area contributed by atoms with Crippen molar-refractivity contribution in [2.75, 3.05) is 20.6 Å². The van der Waals surface area contributed by atoms with E-state index in [0.717, 1.165) is 45.5 Å². The maximum Gasteiger partial charge on any atom is 0.305 e. The third-order valence-corrected chi connectivity index (χ3v) is 8.42. The Hall–Kier alpha value is -3.52. The van der Waals surface area contributed by atoms with Crippen LogP contribution < -0.4 is 10.9 Å². The summed E-state index contributed by atoms with van der Waals surface area (Å²) in [5.74, 6) is -1.59. The number of allylic oxidation sites excluding steroid dienone is 3. The van der Waals surface area contributed by atoms with Gasteiger partial charge in [0.15, 0.2) is 0 Å². The summed E-state index contributed by atoms with van der Waals surface area (Å²) in [5.41, 5.74) is 5.76. The lowest BCUT2D eigenvalue weighted by Crippen LogP contribution is -2.47. The van der Waals surface area contributed by atoms with E-state index >= 15 is 4.39 Å². The van der Waals surface area contributed by atoms with Gasteiger partial charge in [-0.05, 0) is 99.5 Å². The number of hydrogen-bond acceptors (Lipinski definition) is 4. The monoisotopic (exact) mass is 607 g/mol. The highest BCUT2D eigenvalue weighted by Crippen LogP contribution is 2.42. The van der Waals surface area contributed by atoms with Gasteiger partial charge in [-0.3, -0.25) is 14.4 Å². The van der Waals surface area contributed by atoms with Crippen molar-refractivity contribution in [3.8, 4) is 0 Å². The lowest BCUT2D eigenvalue weighted by molar-refractivity contribution is -0.137. The molecule has 7 nitrogen and oxygen atoms in total. The number of carboxylic acids is 1. The van der Waals surface area contributed by atoms with E-state index in [-0.39, 0.29) is 17.1 Å². The molecule has 240 valence electrons. The Bertz CT molecular complexity index is 1490. The number of alkyl halides is 1. The standard InChI is InChI=1S/C36H50FN3O4/c1-21(2)13-30(40-20-26(11-12-39(9)10)23(4)16-31(40)41)35(44)38-29(18-32(42)43)28-17-27(19-36(7,8)34(28)37)33-24(5)14-22(3)15-25(33)6/h14-17,19-21,29-30,34H,11-13,18H2,1-10H3,(H,38,44)(H,42,43)/t29-,30?,34?/m0/s1. The fourth-order valence-corrected chi connectivity index (χ4v) is 6.28. The number of nitrogens with zero attached hydrogens (tertiary/aromatic N) is 2. The lowest BCUT2D eigenvalue weighted by atomic mass is 9.73. The number of halogens is 1. The minimum atomic E-state index is -1.52. The molecule has 0 saturated heterocycles. The molecule has 0 aliphatic heterocycles. The van der Waals surface area contributed by atoms with Crippen LogP contribution >= 0.6 is 0 Å². The molecular weight excluding hydrogens is 557 g/mol. The number of aromatic nitrogens is 1. The van der Waals surface area contributed by atoms with E-state index < -0.39 is 42.0 Å². The van der Waals surface area contributed by atoms with Gasteiger partial charge < -0.3 is 19.9 Å². The first-order chi connectivity index (χ1) is 20.4. The Morgan fingerprint density at radius 2 is 1.68 bits per heavy atom. The van der Waals surface area contributed by atoms with Crippen LogP contribution in [-0.2, 0) is 16.0 Å². The van der Waals surface area contributed by atoms with Crippen LogP contribution in [0.4, 0.5) is 4.39 Å². The average molecular weight is 608 g/mol. The van der Waals surface area contributed by atoms with Gasteiger partial charge in [0, 0.05) is 24.2 Å². The number of nitrogens with one attached hydrogen (secondary N) is 1. The van der Waals surface area contributed by atoms with Gasteiger partial charge in [0.1, 0.15) is 12.2 Å². The van der Waals surface area contributed by atoms with Gasteiger partial charge in [-0.2, -0.15) is 0 Å². The Morgan fingerprint density at radius 1 is 1.07 bits per heavy atom. The molecule has 3 rings (SSSR count). The van der Waals surface area contributed by atoms with Gasteiger partial charge in [-0.25, -0.2) is 4.39 Å². The zero-order chi connectivity index (χ0) is 33.1. The number of carbonyl (C=O) groups is 2. The minimum absolute atomic E-state index is 0.0610. The second-order valence-electron chi connectivity index (χ2n) is 13.8. The van der Waals surface area contributed by atoms with Crippen LogP contribution in [-0.4, -0.2) is 59.3 Å². The van der Waals surface area contributed by atoms with Gasteiger partial charge in [-0.15, -0.1) is 0 Å². The fourth-order valence-electron chi connectivity index (χ4n) is 6.28. The summed E-state index contributed by atoms with van der Waals surface area (Å²) in [6, 6.07) is 3.71. The first-order valence-corrected chi connectivity index (χ1v) is 15.5. The van der Waals surface area contributed by atoms with Gasteiger partial charge in [-0.1, -0.05) is 57.5 Å². The van der Waals surface area contributed by atoms with E-state index in [2.05, 4.69) is 22.3 Å². The van der Waals surface area contributed by atoms with Crippen LogP contribution in [0.3, 0.4) is 0 Å². The molecule has 1 heterocycles. The first-order valence-electron chi connectivity index (χ1n) is 15.5. The third kappa shape index (κ3) is 8.35. The van der Waals surface area contributed by atoms with Crippen LogP contribution in [0.5, 0.6) is 0 Å². The molecule has 0 bridgehead atoms. The van der Waals surface area contributed by atoms with Crippen LogP contribution in [0.25, 0.3) is 5.57 Å². The van der Waals surface area contributed by atoms with Crippen molar-refractivity contribution in [3.63, 3.8) is 0 Å². The van der Waals surface area contributed by atoms with E-state index in [1.807, 2.05) is 61.7 Å². The Balaban J connectivity index is 2.09. The Kier molecular flexibility index (Phi) is 11.2. The Morgan fingerprint density at radius 3 is 2.23 bits per heavy atom. The van der Waals surface area contributed by atoms with Crippen LogP contribution in [0.1, 0.15) is 80.0 Å². The molecular formula is C36H50FN3O4. The third-order valence-electron chi connectivity index (χ3n) is 8.42. The summed E-state index contributed by atoms with van der Waals surface area (Å²) in [6.07, 6.45) is 4.42. The van der Waals surface area contributed by atoms with E-state index in [4.69, 9.17) is 0 Å². The molecule has 1 aromatic heterocycles. The van der Waals surface area contributed by atoms with Crippen LogP contribution in [0, 0.1) is 39.0 Å². The normalized spacial score (nSPS) is 17.7. The second-order valence-corrected chi connectivity index (χ2v) is 13.8. The maximum atomic E-state index is 16.3. The molecule has 1 aliphatic carbocycles. The number of carboxylic acid groups (broad SMARTS) is 1. The zero-order valence-corrected chi connectivity index (χ0v) is 28.0. The zero-order valence-electron chi connectivity index (χ0n) is 28.0. The smallest absolute Gasteiger partial charge is 0.305 e. The van der Waals surface area contributed by atoms with Crippen molar-refractivity contribution < 1.29 is 19.1 Å². The fraction of sp³-hybridized carbons (Fsp3) is 0.528. The van der Waals surface area contributed by atoms with E-state index in [1.54, 1.807) is 32.2 Å². The van der Waals surface area contributed by atoms with Gasteiger partial charge in [0.2, 0.25) is 5.91 Å². The quantitative estimate of drug-likeness (QED) is 0.303. The summed E-state index contributed by atoms with van der Waals surface area (Å²) in [6.45, 7) is 16.2. The number of amides is 1. The predicted molar refractivity (Wildman–Crippen MR) is 176 cm³/mol. The van der Waals surface area contributed by atoms with Crippen molar-refractivity contribution in [1.82, 2.24) is 14.8 Å². The predicted octanol–water partition coefficient (Wildman–Crippen LogP) is 6.12. The lowest BCUT2D eigenvalue weighted by Gasteiger charge is -2.36.